The summed E-state index contributed by atoms with van der Waals surface area (Å²) >= 11 is 4.98. The van der Waals surface area contributed by atoms with E-state index in [0.29, 0.717) is 16.4 Å². The van der Waals surface area contributed by atoms with E-state index >= 15 is 0 Å². The summed E-state index contributed by atoms with van der Waals surface area (Å²) in [7, 11) is 0. The lowest BCUT2D eigenvalue weighted by atomic mass is 10.1. The van der Waals surface area contributed by atoms with Crippen molar-refractivity contribution >= 4 is 23.0 Å². The number of thiocarbonyl (C=S) groups is 1. The van der Waals surface area contributed by atoms with Crippen LogP contribution in [0.1, 0.15) is 26.3 Å². The molecule has 0 fully saturated rings. The SMILES string of the molecule is C/C(=N/NC(=S)NC(C)C)c1ccc(F)c(F)c1. The Labute approximate surface area is 110 Å². The zero-order valence-corrected chi connectivity index (χ0v) is 11.2. The average molecular weight is 271 g/mol. The highest BCUT2D eigenvalue weighted by molar-refractivity contribution is 7.80. The van der Waals surface area contributed by atoms with E-state index in [4.69, 9.17) is 12.2 Å². The minimum absolute atomic E-state index is 0.198. The van der Waals surface area contributed by atoms with Crippen LogP contribution in [-0.2, 0) is 0 Å². The summed E-state index contributed by atoms with van der Waals surface area (Å²) in [5.41, 5.74) is 3.65. The zero-order chi connectivity index (χ0) is 13.7. The fourth-order valence-electron chi connectivity index (χ4n) is 1.21. The van der Waals surface area contributed by atoms with Gasteiger partial charge >= 0.3 is 0 Å². The quantitative estimate of drug-likeness (QED) is 0.504. The molecule has 0 spiro atoms. The third kappa shape index (κ3) is 4.37. The first-order valence-electron chi connectivity index (χ1n) is 5.46. The van der Waals surface area contributed by atoms with Crippen molar-refractivity contribution in [2.45, 2.75) is 26.8 Å². The van der Waals surface area contributed by atoms with Crippen LogP contribution in [0.2, 0.25) is 0 Å². The Balaban J connectivity index is 2.71. The van der Waals surface area contributed by atoms with Gasteiger partial charge in [0.1, 0.15) is 0 Å². The molecule has 0 aliphatic carbocycles. The molecule has 0 saturated carbocycles. The van der Waals surface area contributed by atoms with Crippen molar-refractivity contribution in [3.05, 3.63) is 35.4 Å². The number of hydrogen-bond acceptors (Lipinski definition) is 2. The van der Waals surface area contributed by atoms with Crippen LogP contribution in [0, 0.1) is 11.6 Å². The molecule has 0 bridgehead atoms. The molecule has 6 heteroatoms. The monoisotopic (exact) mass is 271 g/mol. The average Bonchev–Trinajstić information content (AvgIpc) is 2.28. The van der Waals surface area contributed by atoms with Gasteiger partial charge in [-0.2, -0.15) is 5.10 Å². The van der Waals surface area contributed by atoms with E-state index < -0.39 is 11.6 Å². The van der Waals surface area contributed by atoms with Gasteiger partial charge in [0.2, 0.25) is 0 Å². The van der Waals surface area contributed by atoms with E-state index in [0.717, 1.165) is 12.1 Å². The summed E-state index contributed by atoms with van der Waals surface area (Å²) in [4.78, 5) is 0. The number of halogens is 2. The van der Waals surface area contributed by atoms with E-state index in [1.165, 1.54) is 6.07 Å². The fraction of sp³-hybridized carbons (Fsp3) is 0.333. The lowest BCUT2D eigenvalue weighted by Crippen LogP contribution is -2.37. The van der Waals surface area contributed by atoms with Gasteiger partial charge in [0.05, 0.1) is 5.71 Å². The summed E-state index contributed by atoms with van der Waals surface area (Å²) in [5.74, 6) is -1.78. The molecule has 0 saturated heterocycles. The minimum atomic E-state index is -0.898. The van der Waals surface area contributed by atoms with Crippen molar-refractivity contribution in [1.29, 1.82) is 0 Å². The van der Waals surface area contributed by atoms with E-state index in [2.05, 4.69) is 15.8 Å². The predicted molar refractivity (Wildman–Crippen MR) is 72.6 cm³/mol. The zero-order valence-electron chi connectivity index (χ0n) is 10.4. The molecule has 0 amide bonds. The van der Waals surface area contributed by atoms with Gasteiger partial charge in [0, 0.05) is 11.6 Å². The van der Waals surface area contributed by atoms with Gasteiger partial charge in [0.25, 0.3) is 0 Å². The predicted octanol–water partition coefficient (Wildman–Crippen LogP) is 2.56. The lowest BCUT2D eigenvalue weighted by molar-refractivity contribution is 0.508. The summed E-state index contributed by atoms with van der Waals surface area (Å²) < 4.78 is 25.8. The van der Waals surface area contributed by atoms with Crippen LogP contribution in [0.25, 0.3) is 0 Å². The Bertz CT molecular complexity index is 472. The van der Waals surface area contributed by atoms with E-state index in [9.17, 15) is 8.78 Å². The molecule has 0 heterocycles. The number of benzene rings is 1. The maximum Gasteiger partial charge on any atom is 0.187 e. The third-order valence-electron chi connectivity index (χ3n) is 2.08. The van der Waals surface area contributed by atoms with Crippen LogP contribution in [0.5, 0.6) is 0 Å². The molecular weight excluding hydrogens is 256 g/mol. The number of hydrogen-bond donors (Lipinski definition) is 2. The first-order chi connectivity index (χ1) is 8.40. The number of rotatable bonds is 3. The van der Waals surface area contributed by atoms with Gasteiger partial charge in [-0.3, -0.25) is 5.43 Å². The van der Waals surface area contributed by atoms with Crippen LogP contribution in [0.4, 0.5) is 8.78 Å². The number of nitrogens with zero attached hydrogens (tertiary/aromatic N) is 1. The number of hydrazone groups is 1. The first-order valence-corrected chi connectivity index (χ1v) is 5.87. The topological polar surface area (TPSA) is 36.4 Å². The Hall–Kier alpha value is -1.56. The molecule has 1 aromatic rings. The molecule has 0 aliphatic rings. The first kappa shape index (κ1) is 14.5. The van der Waals surface area contributed by atoms with Crippen molar-refractivity contribution < 1.29 is 8.78 Å². The van der Waals surface area contributed by atoms with Crippen LogP contribution >= 0.6 is 12.2 Å². The fourth-order valence-corrected chi connectivity index (χ4v) is 1.50. The second-order valence-electron chi connectivity index (χ2n) is 4.07. The molecule has 1 rings (SSSR count). The molecule has 1 aromatic carbocycles. The number of nitrogens with one attached hydrogen (secondary N) is 2. The van der Waals surface area contributed by atoms with Crippen molar-refractivity contribution in [3.63, 3.8) is 0 Å². The van der Waals surface area contributed by atoms with E-state index in [1.54, 1.807) is 6.92 Å². The molecule has 0 aromatic heterocycles. The Morgan fingerprint density at radius 3 is 2.50 bits per heavy atom. The minimum Gasteiger partial charge on any atom is -0.359 e. The summed E-state index contributed by atoms with van der Waals surface area (Å²) in [6.07, 6.45) is 0. The summed E-state index contributed by atoms with van der Waals surface area (Å²) in [6, 6.07) is 3.81. The van der Waals surface area contributed by atoms with Gasteiger partial charge in [0.15, 0.2) is 16.7 Å². The summed E-state index contributed by atoms with van der Waals surface area (Å²) in [6.45, 7) is 5.57. The second-order valence-corrected chi connectivity index (χ2v) is 4.47. The molecule has 3 nitrogen and oxygen atoms in total. The van der Waals surface area contributed by atoms with Gasteiger partial charge in [-0.1, -0.05) is 0 Å². The molecule has 0 unspecified atom stereocenters. The van der Waals surface area contributed by atoms with Crippen molar-refractivity contribution in [3.8, 4) is 0 Å². The van der Waals surface area contributed by atoms with Gasteiger partial charge in [-0.15, -0.1) is 0 Å². The lowest BCUT2D eigenvalue weighted by Gasteiger charge is -2.10. The molecule has 2 N–H and O–H groups in total. The van der Waals surface area contributed by atoms with Crippen LogP contribution < -0.4 is 10.7 Å². The Morgan fingerprint density at radius 1 is 1.28 bits per heavy atom. The molecule has 0 atom stereocenters. The smallest absolute Gasteiger partial charge is 0.187 e. The van der Waals surface area contributed by atoms with Gasteiger partial charge in [-0.05, 0) is 51.2 Å². The van der Waals surface area contributed by atoms with Crippen molar-refractivity contribution in [2.24, 2.45) is 5.10 Å². The van der Waals surface area contributed by atoms with Gasteiger partial charge < -0.3 is 5.32 Å². The highest BCUT2D eigenvalue weighted by atomic mass is 32.1. The highest BCUT2D eigenvalue weighted by Crippen LogP contribution is 2.09. The second kappa shape index (κ2) is 6.39. The highest BCUT2D eigenvalue weighted by Gasteiger charge is 2.05. The van der Waals surface area contributed by atoms with E-state index in [-0.39, 0.29) is 6.04 Å². The van der Waals surface area contributed by atoms with Crippen LogP contribution in [0.15, 0.2) is 23.3 Å². The molecule has 18 heavy (non-hydrogen) atoms. The third-order valence-corrected chi connectivity index (χ3v) is 2.29. The summed E-state index contributed by atoms with van der Waals surface area (Å²) in [5, 5.41) is 7.32. The van der Waals surface area contributed by atoms with Crippen molar-refractivity contribution in [2.75, 3.05) is 0 Å². The van der Waals surface area contributed by atoms with Crippen LogP contribution in [-0.4, -0.2) is 16.9 Å². The van der Waals surface area contributed by atoms with E-state index in [1.807, 2.05) is 13.8 Å². The molecule has 98 valence electrons. The maximum absolute atomic E-state index is 13.0. The Morgan fingerprint density at radius 2 is 1.94 bits per heavy atom. The van der Waals surface area contributed by atoms with Crippen LogP contribution in [0.3, 0.4) is 0 Å². The normalized spacial score (nSPS) is 11.6. The molecule has 0 aliphatic heterocycles. The maximum atomic E-state index is 13.0. The van der Waals surface area contributed by atoms with Gasteiger partial charge in [-0.25, -0.2) is 8.78 Å². The standard InChI is InChI=1S/C12H15F2N3S/c1-7(2)15-12(18)17-16-8(3)9-4-5-10(13)11(14)6-9/h4-7H,1-3H3,(H2,15,17,18)/b16-8-. The Kier molecular flexibility index (Phi) is 5.15. The largest absolute Gasteiger partial charge is 0.359 e. The molecule has 0 radical (unpaired) electrons. The van der Waals surface area contributed by atoms with Crippen molar-refractivity contribution in [1.82, 2.24) is 10.7 Å². The molecular formula is C12H15F2N3S.